The van der Waals surface area contributed by atoms with Gasteiger partial charge in [0.15, 0.2) is 0 Å². The number of rotatable bonds is 6. The molecule has 0 radical (unpaired) electrons. The van der Waals surface area contributed by atoms with Gasteiger partial charge in [0.05, 0.1) is 16.8 Å². The Labute approximate surface area is 276 Å². The number of aromatic nitrogens is 2. The number of hydrogen-bond acceptors (Lipinski definition) is 3. The monoisotopic (exact) mass is 606 g/mol. The predicted octanol–water partition coefficient (Wildman–Crippen LogP) is 10.9. The van der Waals surface area contributed by atoms with Crippen LogP contribution in [0.5, 0.6) is 11.5 Å². The van der Waals surface area contributed by atoms with Crippen LogP contribution in [0.15, 0.2) is 152 Å². The molecule has 0 N–H and O–H groups in total. The second-order valence-electron chi connectivity index (χ2n) is 12.4. The van der Waals surface area contributed by atoms with Gasteiger partial charge in [0, 0.05) is 18.0 Å². The van der Waals surface area contributed by atoms with Gasteiger partial charge in [-0.3, -0.25) is 9.97 Å². The maximum absolute atomic E-state index is 6.82. The molecule has 5 aromatic carbocycles. The minimum absolute atomic E-state index is 0.592. The smallest absolute Gasteiger partial charge is 0.128 e. The third-order valence-electron chi connectivity index (χ3n) is 9.34. The van der Waals surface area contributed by atoms with Crippen molar-refractivity contribution in [2.75, 3.05) is 0 Å². The van der Waals surface area contributed by atoms with Crippen molar-refractivity contribution in [1.29, 1.82) is 0 Å². The molecule has 8 rings (SSSR count). The van der Waals surface area contributed by atoms with Crippen LogP contribution in [0.3, 0.4) is 0 Å². The Morgan fingerprint density at radius 3 is 1.81 bits per heavy atom. The van der Waals surface area contributed by atoms with E-state index in [1.54, 1.807) is 0 Å². The highest BCUT2D eigenvalue weighted by atomic mass is 16.5. The molecule has 0 unspecified atom stereocenters. The maximum atomic E-state index is 6.82. The molecule has 1 aliphatic rings. The van der Waals surface area contributed by atoms with Crippen molar-refractivity contribution >= 4 is 0 Å². The topological polar surface area (TPSA) is 35.0 Å². The van der Waals surface area contributed by atoms with Crippen LogP contribution in [-0.2, 0) is 5.41 Å². The van der Waals surface area contributed by atoms with Gasteiger partial charge in [0.1, 0.15) is 11.5 Å². The van der Waals surface area contributed by atoms with E-state index in [2.05, 4.69) is 135 Å². The lowest BCUT2D eigenvalue weighted by Gasteiger charge is -2.32. The Balaban J connectivity index is 1.30. The molecule has 226 valence electrons. The molecule has 0 aliphatic heterocycles. The summed E-state index contributed by atoms with van der Waals surface area (Å²) in [6, 6.07) is 49.1. The van der Waals surface area contributed by atoms with Crippen LogP contribution in [-0.4, -0.2) is 9.97 Å². The summed E-state index contributed by atoms with van der Waals surface area (Å²) in [7, 11) is 0. The second kappa shape index (κ2) is 11.5. The van der Waals surface area contributed by atoms with E-state index in [0.717, 1.165) is 39.6 Å². The number of fused-ring (bicyclic) bond motifs is 3. The molecule has 47 heavy (non-hydrogen) atoms. The van der Waals surface area contributed by atoms with Crippen molar-refractivity contribution in [1.82, 2.24) is 9.97 Å². The summed E-state index contributed by atoms with van der Waals surface area (Å²) >= 11 is 0. The Kier molecular flexibility index (Phi) is 7.03. The first kappa shape index (κ1) is 28.7. The molecule has 0 fully saturated rings. The Morgan fingerprint density at radius 2 is 1.15 bits per heavy atom. The fourth-order valence-corrected chi connectivity index (χ4v) is 7.60. The number of ether oxygens (including phenoxy) is 1. The summed E-state index contributed by atoms with van der Waals surface area (Å²) in [6.45, 7) is 6.51. The summed E-state index contributed by atoms with van der Waals surface area (Å²) in [4.78, 5) is 9.67. The fraction of sp³-hybridized carbons (Fsp3) is 0.0909. The van der Waals surface area contributed by atoms with Gasteiger partial charge in [0.25, 0.3) is 0 Å². The van der Waals surface area contributed by atoms with E-state index in [4.69, 9.17) is 9.72 Å². The van der Waals surface area contributed by atoms with Gasteiger partial charge in [0.2, 0.25) is 0 Å². The lowest BCUT2D eigenvalue weighted by Crippen LogP contribution is -2.29. The summed E-state index contributed by atoms with van der Waals surface area (Å²) < 4.78 is 6.82. The lowest BCUT2D eigenvalue weighted by atomic mass is 9.70. The molecule has 2 aromatic heterocycles. The average Bonchev–Trinajstić information content (AvgIpc) is 3.40. The van der Waals surface area contributed by atoms with Gasteiger partial charge in [-0.25, -0.2) is 0 Å². The zero-order valence-corrected chi connectivity index (χ0v) is 26.7. The number of pyridine rings is 2. The van der Waals surface area contributed by atoms with E-state index in [9.17, 15) is 0 Å². The SMILES string of the molecule is Cc1cc(C)c(-c2cc(Oc3cccc(C4(c5ccccn5)c5ccccc5-c5ccccc54)c3)cc(-c3ccccn3)c2)c(C)c1. The minimum atomic E-state index is -0.592. The zero-order valence-electron chi connectivity index (χ0n) is 26.7. The highest BCUT2D eigenvalue weighted by Gasteiger charge is 2.47. The lowest BCUT2D eigenvalue weighted by molar-refractivity contribution is 0.481. The van der Waals surface area contributed by atoms with Crippen LogP contribution in [0.4, 0.5) is 0 Å². The summed E-state index contributed by atoms with van der Waals surface area (Å²) in [5.74, 6) is 1.53. The molecule has 3 heteroatoms. The van der Waals surface area contributed by atoms with Crippen LogP contribution in [0, 0.1) is 20.8 Å². The molecule has 2 heterocycles. The van der Waals surface area contributed by atoms with Crippen molar-refractivity contribution < 1.29 is 4.74 Å². The van der Waals surface area contributed by atoms with Gasteiger partial charge < -0.3 is 4.74 Å². The van der Waals surface area contributed by atoms with Crippen LogP contribution in [0.2, 0.25) is 0 Å². The third kappa shape index (κ3) is 4.83. The van der Waals surface area contributed by atoms with Gasteiger partial charge in [-0.15, -0.1) is 0 Å². The van der Waals surface area contributed by atoms with Gasteiger partial charge >= 0.3 is 0 Å². The van der Waals surface area contributed by atoms with E-state index < -0.39 is 5.41 Å². The Bertz CT molecular complexity index is 2190. The van der Waals surface area contributed by atoms with Crippen molar-refractivity contribution in [2.24, 2.45) is 0 Å². The van der Waals surface area contributed by atoms with Gasteiger partial charge in [-0.05, 0) is 125 Å². The highest BCUT2D eigenvalue weighted by Crippen LogP contribution is 2.55. The van der Waals surface area contributed by atoms with E-state index >= 15 is 0 Å². The van der Waals surface area contributed by atoms with Crippen molar-refractivity contribution in [2.45, 2.75) is 26.2 Å². The Morgan fingerprint density at radius 1 is 0.511 bits per heavy atom. The van der Waals surface area contributed by atoms with E-state index in [0.29, 0.717) is 0 Å². The molecule has 0 amide bonds. The first-order valence-corrected chi connectivity index (χ1v) is 16.1. The minimum Gasteiger partial charge on any atom is -0.457 e. The first-order valence-electron chi connectivity index (χ1n) is 16.1. The standard InChI is InChI=1S/C44H34N2O/c1-29-23-30(2)43(31(3)24-29)33-25-32(41-19-8-10-21-45-41)26-36(27-33)47-35-14-12-13-34(28-35)44(42-20-9-11-22-46-42)39-17-6-4-15-37(39)38-16-5-7-18-40(38)44/h4-28H,1-3H3. The van der Waals surface area contributed by atoms with Crippen molar-refractivity contribution in [3.05, 3.63) is 191 Å². The average molecular weight is 607 g/mol. The molecular weight excluding hydrogens is 572 g/mol. The van der Waals surface area contributed by atoms with Gasteiger partial charge in [-0.1, -0.05) is 90.5 Å². The van der Waals surface area contributed by atoms with Crippen molar-refractivity contribution in [3.63, 3.8) is 0 Å². The van der Waals surface area contributed by atoms with E-state index in [1.807, 2.05) is 42.7 Å². The molecular formula is C44H34N2O. The normalized spacial score (nSPS) is 12.7. The largest absolute Gasteiger partial charge is 0.457 e. The fourth-order valence-electron chi connectivity index (χ4n) is 7.60. The predicted molar refractivity (Wildman–Crippen MR) is 191 cm³/mol. The number of benzene rings is 5. The van der Waals surface area contributed by atoms with E-state index in [-0.39, 0.29) is 0 Å². The summed E-state index contributed by atoms with van der Waals surface area (Å²) in [5, 5.41) is 0. The molecule has 0 saturated heterocycles. The Hall–Kier alpha value is -5.80. The van der Waals surface area contributed by atoms with Crippen LogP contribution in [0.25, 0.3) is 33.5 Å². The number of hydrogen-bond donors (Lipinski definition) is 0. The van der Waals surface area contributed by atoms with Crippen LogP contribution >= 0.6 is 0 Å². The molecule has 0 spiro atoms. The molecule has 0 saturated carbocycles. The summed E-state index contributed by atoms with van der Waals surface area (Å²) in [6.07, 6.45) is 3.73. The summed E-state index contributed by atoms with van der Waals surface area (Å²) in [5.41, 5.74) is 14.4. The molecule has 7 aromatic rings. The maximum Gasteiger partial charge on any atom is 0.128 e. The number of nitrogens with zero attached hydrogens (tertiary/aromatic N) is 2. The van der Waals surface area contributed by atoms with Crippen LogP contribution < -0.4 is 4.74 Å². The molecule has 1 aliphatic carbocycles. The zero-order chi connectivity index (χ0) is 32.0. The number of aryl methyl sites for hydroxylation is 3. The second-order valence-corrected chi connectivity index (χ2v) is 12.4. The quantitative estimate of drug-likeness (QED) is 0.189. The molecule has 0 bridgehead atoms. The molecule has 3 nitrogen and oxygen atoms in total. The third-order valence-corrected chi connectivity index (χ3v) is 9.34. The van der Waals surface area contributed by atoms with Crippen LogP contribution in [0.1, 0.15) is 39.1 Å². The first-order chi connectivity index (χ1) is 23.0. The van der Waals surface area contributed by atoms with Gasteiger partial charge in [-0.2, -0.15) is 0 Å². The molecule has 0 atom stereocenters. The van der Waals surface area contributed by atoms with E-state index in [1.165, 1.54) is 44.5 Å². The highest BCUT2D eigenvalue weighted by molar-refractivity contribution is 5.86. The van der Waals surface area contributed by atoms with Crippen molar-refractivity contribution in [3.8, 4) is 45.0 Å².